The number of nitrogens with zero attached hydrogens (tertiary/aromatic N) is 2. The molecule has 0 saturated heterocycles. The normalized spacial score (nSPS) is 12.0. The van der Waals surface area contributed by atoms with Crippen LogP contribution in [0.5, 0.6) is 5.75 Å². The SMILES string of the molecule is CCOC(C)c1nc(COc2ccn(Cc3ccccc3)c2C(=O)OC)cs1. The number of hydrogen-bond acceptors (Lipinski definition) is 6. The Bertz CT molecular complexity index is 904. The van der Waals surface area contributed by atoms with Crippen LogP contribution in [-0.4, -0.2) is 29.2 Å². The number of ether oxygens (including phenoxy) is 3. The van der Waals surface area contributed by atoms with Gasteiger partial charge in [0.2, 0.25) is 0 Å². The third kappa shape index (κ3) is 4.79. The Kier molecular flexibility index (Phi) is 6.84. The minimum Gasteiger partial charge on any atom is -0.485 e. The molecule has 0 aliphatic heterocycles. The molecule has 2 heterocycles. The van der Waals surface area contributed by atoms with Gasteiger partial charge in [0.05, 0.1) is 12.8 Å². The zero-order valence-electron chi connectivity index (χ0n) is 16.3. The molecule has 0 fully saturated rings. The highest BCUT2D eigenvalue weighted by Gasteiger charge is 2.20. The number of carbonyl (C=O) groups excluding carboxylic acids is 1. The molecule has 0 radical (unpaired) electrons. The smallest absolute Gasteiger partial charge is 0.358 e. The van der Waals surface area contributed by atoms with E-state index in [0.717, 1.165) is 16.3 Å². The minimum absolute atomic E-state index is 0.0404. The second-order valence-electron chi connectivity index (χ2n) is 6.20. The molecule has 0 spiro atoms. The van der Waals surface area contributed by atoms with Gasteiger partial charge in [0.1, 0.15) is 17.7 Å². The van der Waals surface area contributed by atoms with Gasteiger partial charge in [-0.15, -0.1) is 11.3 Å². The van der Waals surface area contributed by atoms with Crippen molar-refractivity contribution in [3.8, 4) is 5.75 Å². The van der Waals surface area contributed by atoms with Gasteiger partial charge in [0.25, 0.3) is 0 Å². The highest BCUT2D eigenvalue weighted by atomic mass is 32.1. The Morgan fingerprint density at radius 1 is 1.25 bits per heavy atom. The molecule has 2 aromatic heterocycles. The average molecular weight is 401 g/mol. The fourth-order valence-electron chi connectivity index (χ4n) is 2.84. The standard InChI is InChI=1S/C21H24N2O4S/c1-4-26-15(2)20-22-17(14-28-20)13-27-18-10-11-23(19(18)21(24)25-3)12-16-8-6-5-7-9-16/h5-11,14-15H,4,12-13H2,1-3H3. The largest absolute Gasteiger partial charge is 0.485 e. The second-order valence-corrected chi connectivity index (χ2v) is 7.09. The fourth-order valence-corrected chi connectivity index (χ4v) is 3.65. The first-order valence-corrected chi connectivity index (χ1v) is 10.0. The van der Waals surface area contributed by atoms with Gasteiger partial charge in [0.15, 0.2) is 11.4 Å². The predicted molar refractivity (Wildman–Crippen MR) is 108 cm³/mol. The van der Waals surface area contributed by atoms with Crippen molar-refractivity contribution in [1.29, 1.82) is 0 Å². The third-order valence-corrected chi connectivity index (χ3v) is 5.27. The van der Waals surface area contributed by atoms with Crippen molar-refractivity contribution in [3.05, 3.63) is 69.9 Å². The third-order valence-electron chi connectivity index (χ3n) is 4.21. The summed E-state index contributed by atoms with van der Waals surface area (Å²) in [4.78, 5) is 16.9. The molecule has 0 N–H and O–H groups in total. The molecule has 7 heteroatoms. The van der Waals surface area contributed by atoms with Crippen LogP contribution < -0.4 is 4.74 Å². The van der Waals surface area contributed by atoms with Gasteiger partial charge in [-0.2, -0.15) is 0 Å². The molecule has 3 aromatic rings. The van der Waals surface area contributed by atoms with Crippen molar-refractivity contribution in [1.82, 2.24) is 9.55 Å². The van der Waals surface area contributed by atoms with E-state index in [9.17, 15) is 4.79 Å². The maximum Gasteiger partial charge on any atom is 0.358 e. The van der Waals surface area contributed by atoms with E-state index in [0.29, 0.717) is 24.6 Å². The topological polar surface area (TPSA) is 62.6 Å². The Morgan fingerprint density at radius 2 is 2.04 bits per heavy atom. The van der Waals surface area contributed by atoms with Crippen molar-refractivity contribution < 1.29 is 19.0 Å². The van der Waals surface area contributed by atoms with Crippen LogP contribution in [0.3, 0.4) is 0 Å². The summed E-state index contributed by atoms with van der Waals surface area (Å²) in [6.07, 6.45) is 1.79. The van der Waals surface area contributed by atoms with Gasteiger partial charge in [-0.05, 0) is 25.5 Å². The van der Waals surface area contributed by atoms with Crippen LogP contribution in [0.25, 0.3) is 0 Å². The molecule has 148 valence electrons. The first-order chi connectivity index (χ1) is 13.6. The number of aromatic nitrogens is 2. The summed E-state index contributed by atoms with van der Waals surface area (Å²) in [7, 11) is 1.37. The number of esters is 1. The Morgan fingerprint density at radius 3 is 2.75 bits per heavy atom. The van der Waals surface area contributed by atoms with E-state index >= 15 is 0 Å². The monoisotopic (exact) mass is 400 g/mol. The van der Waals surface area contributed by atoms with E-state index in [-0.39, 0.29) is 12.7 Å². The molecule has 0 aliphatic rings. The molecule has 6 nitrogen and oxygen atoms in total. The number of rotatable bonds is 9. The highest BCUT2D eigenvalue weighted by molar-refractivity contribution is 7.09. The molecule has 3 rings (SSSR count). The van der Waals surface area contributed by atoms with Crippen LogP contribution in [-0.2, 0) is 22.6 Å². The van der Waals surface area contributed by atoms with E-state index in [1.54, 1.807) is 17.4 Å². The van der Waals surface area contributed by atoms with Crippen LogP contribution in [0.4, 0.5) is 0 Å². The number of carbonyl (C=O) groups is 1. The summed E-state index contributed by atoms with van der Waals surface area (Å²) in [5.41, 5.74) is 2.28. The molecule has 0 bridgehead atoms. The van der Waals surface area contributed by atoms with Crippen molar-refractivity contribution >= 4 is 17.3 Å². The lowest BCUT2D eigenvalue weighted by Gasteiger charge is -2.10. The van der Waals surface area contributed by atoms with Crippen molar-refractivity contribution in [3.63, 3.8) is 0 Å². The molecule has 1 atom stereocenters. The Hall–Kier alpha value is -2.64. The van der Waals surface area contributed by atoms with Crippen LogP contribution in [0.15, 0.2) is 48.0 Å². The van der Waals surface area contributed by atoms with Gasteiger partial charge in [-0.1, -0.05) is 30.3 Å². The summed E-state index contributed by atoms with van der Waals surface area (Å²) in [6.45, 7) is 5.41. The average Bonchev–Trinajstić information content (AvgIpc) is 3.34. The van der Waals surface area contributed by atoms with Crippen LogP contribution >= 0.6 is 11.3 Å². The first-order valence-electron chi connectivity index (χ1n) is 9.12. The van der Waals surface area contributed by atoms with Crippen molar-refractivity contribution in [2.24, 2.45) is 0 Å². The Labute approximate surface area is 168 Å². The van der Waals surface area contributed by atoms with Crippen LogP contribution in [0.2, 0.25) is 0 Å². The van der Waals surface area contributed by atoms with Crippen molar-refractivity contribution in [2.75, 3.05) is 13.7 Å². The van der Waals surface area contributed by atoms with Gasteiger partial charge in [-0.25, -0.2) is 9.78 Å². The molecule has 0 amide bonds. The van der Waals surface area contributed by atoms with Gasteiger partial charge < -0.3 is 18.8 Å². The zero-order valence-corrected chi connectivity index (χ0v) is 17.1. The summed E-state index contributed by atoms with van der Waals surface area (Å²) in [5, 5.41) is 2.86. The lowest BCUT2D eigenvalue weighted by atomic mass is 10.2. The second kappa shape index (κ2) is 9.52. The number of hydrogen-bond donors (Lipinski definition) is 0. The maximum atomic E-state index is 12.3. The number of methoxy groups -OCH3 is 1. The van der Waals surface area contributed by atoms with Crippen LogP contribution in [0, 0.1) is 0 Å². The summed E-state index contributed by atoms with van der Waals surface area (Å²) < 4.78 is 18.3. The lowest BCUT2D eigenvalue weighted by Crippen LogP contribution is -2.12. The van der Waals surface area contributed by atoms with E-state index in [1.165, 1.54) is 7.11 Å². The number of thiazole rings is 1. The molecule has 0 aliphatic carbocycles. The van der Waals surface area contributed by atoms with Gasteiger partial charge in [-0.3, -0.25) is 0 Å². The zero-order chi connectivity index (χ0) is 19.9. The highest BCUT2D eigenvalue weighted by Crippen LogP contribution is 2.25. The van der Waals surface area contributed by atoms with E-state index in [1.807, 2.05) is 60.3 Å². The molecular formula is C21H24N2O4S. The molecule has 0 saturated carbocycles. The summed E-state index contributed by atoms with van der Waals surface area (Å²) in [6, 6.07) is 11.7. The number of benzene rings is 1. The Balaban J connectivity index is 1.74. The van der Waals surface area contributed by atoms with Gasteiger partial charge in [0, 0.05) is 24.7 Å². The van der Waals surface area contributed by atoms with Crippen molar-refractivity contribution in [2.45, 2.75) is 33.1 Å². The molecule has 1 aromatic carbocycles. The van der Waals surface area contributed by atoms with Crippen LogP contribution in [0.1, 0.15) is 46.7 Å². The predicted octanol–water partition coefficient (Wildman–Crippen LogP) is 4.46. The van der Waals surface area contributed by atoms with E-state index < -0.39 is 5.97 Å². The summed E-state index contributed by atoms with van der Waals surface area (Å²) in [5.74, 6) is 0.0510. The van der Waals surface area contributed by atoms with E-state index in [4.69, 9.17) is 14.2 Å². The van der Waals surface area contributed by atoms with Gasteiger partial charge >= 0.3 is 5.97 Å². The fraction of sp³-hybridized carbons (Fsp3) is 0.333. The molecule has 28 heavy (non-hydrogen) atoms. The summed E-state index contributed by atoms with van der Waals surface area (Å²) >= 11 is 1.54. The maximum absolute atomic E-state index is 12.3. The quantitative estimate of drug-likeness (QED) is 0.497. The molecular weight excluding hydrogens is 376 g/mol. The van der Waals surface area contributed by atoms with E-state index in [2.05, 4.69) is 4.98 Å². The first kappa shape index (κ1) is 20.1. The molecule has 1 unspecified atom stereocenters. The lowest BCUT2D eigenvalue weighted by molar-refractivity contribution is 0.0583. The minimum atomic E-state index is -0.431.